The molecule has 1 N–H and O–H groups in total. The molecule has 82 valence electrons. The SMILES string of the molecule is CC(C)C(C)NC1CN2CCC1CC2. The van der Waals surface area contributed by atoms with Gasteiger partial charge in [0.15, 0.2) is 0 Å². The van der Waals surface area contributed by atoms with Gasteiger partial charge in [0.25, 0.3) is 0 Å². The van der Waals surface area contributed by atoms with Crippen LogP contribution >= 0.6 is 0 Å². The summed E-state index contributed by atoms with van der Waals surface area (Å²) in [7, 11) is 0. The molecule has 2 heteroatoms. The van der Waals surface area contributed by atoms with Crippen LogP contribution in [0.25, 0.3) is 0 Å². The first-order valence-electron chi connectivity index (χ1n) is 6.15. The Morgan fingerprint density at radius 3 is 2.21 bits per heavy atom. The quantitative estimate of drug-likeness (QED) is 0.739. The highest BCUT2D eigenvalue weighted by Gasteiger charge is 2.34. The third-order valence-corrected chi connectivity index (χ3v) is 4.13. The fourth-order valence-corrected chi connectivity index (χ4v) is 2.68. The third kappa shape index (κ3) is 2.12. The summed E-state index contributed by atoms with van der Waals surface area (Å²) in [4.78, 5) is 2.62. The molecule has 0 amide bonds. The van der Waals surface area contributed by atoms with Crippen LogP contribution in [-0.4, -0.2) is 36.6 Å². The normalized spacial score (nSPS) is 39.0. The lowest BCUT2D eigenvalue weighted by molar-refractivity contribution is 0.0650. The monoisotopic (exact) mass is 196 g/mol. The highest BCUT2D eigenvalue weighted by molar-refractivity contribution is 4.92. The molecule has 0 radical (unpaired) electrons. The van der Waals surface area contributed by atoms with Gasteiger partial charge in [0.2, 0.25) is 0 Å². The van der Waals surface area contributed by atoms with E-state index in [1.807, 2.05) is 0 Å². The van der Waals surface area contributed by atoms with Crippen molar-refractivity contribution in [2.24, 2.45) is 11.8 Å². The molecule has 0 aromatic carbocycles. The van der Waals surface area contributed by atoms with Gasteiger partial charge < -0.3 is 10.2 Å². The molecular weight excluding hydrogens is 172 g/mol. The van der Waals surface area contributed by atoms with Crippen LogP contribution in [0.1, 0.15) is 33.6 Å². The fourth-order valence-electron chi connectivity index (χ4n) is 2.68. The van der Waals surface area contributed by atoms with E-state index < -0.39 is 0 Å². The Hall–Kier alpha value is -0.0800. The molecule has 3 rings (SSSR count). The van der Waals surface area contributed by atoms with Crippen molar-refractivity contribution < 1.29 is 0 Å². The van der Waals surface area contributed by atoms with Crippen molar-refractivity contribution in [3.05, 3.63) is 0 Å². The second-order valence-corrected chi connectivity index (χ2v) is 5.44. The second-order valence-electron chi connectivity index (χ2n) is 5.44. The molecule has 0 saturated carbocycles. The molecule has 0 aromatic rings. The van der Waals surface area contributed by atoms with E-state index in [0.29, 0.717) is 6.04 Å². The number of hydrogen-bond donors (Lipinski definition) is 1. The van der Waals surface area contributed by atoms with E-state index in [0.717, 1.165) is 17.9 Å². The van der Waals surface area contributed by atoms with Gasteiger partial charge >= 0.3 is 0 Å². The van der Waals surface area contributed by atoms with Crippen LogP contribution in [0.3, 0.4) is 0 Å². The molecule has 2 unspecified atom stereocenters. The summed E-state index contributed by atoms with van der Waals surface area (Å²) in [6.07, 6.45) is 2.84. The largest absolute Gasteiger partial charge is 0.310 e. The van der Waals surface area contributed by atoms with Crippen molar-refractivity contribution in [2.75, 3.05) is 19.6 Å². The third-order valence-electron chi connectivity index (χ3n) is 4.13. The zero-order valence-electron chi connectivity index (χ0n) is 9.79. The molecule has 3 heterocycles. The van der Waals surface area contributed by atoms with Gasteiger partial charge in [-0.15, -0.1) is 0 Å². The lowest BCUT2D eigenvalue weighted by Gasteiger charge is -2.46. The summed E-state index contributed by atoms with van der Waals surface area (Å²) in [5.41, 5.74) is 0. The first-order chi connectivity index (χ1) is 6.66. The van der Waals surface area contributed by atoms with E-state index in [1.165, 1.54) is 32.5 Å². The van der Waals surface area contributed by atoms with Crippen LogP contribution in [0, 0.1) is 11.8 Å². The molecule has 2 atom stereocenters. The Morgan fingerprint density at radius 2 is 1.79 bits per heavy atom. The first-order valence-corrected chi connectivity index (χ1v) is 6.15. The van der Waals surface area contributed by atoms with Gasteiger partial charge in [0.05, 0.1) is 0 Å². The molecule has 0 spiro atoms. The first kappa shape index (κ1) is 10.4. The number of nitrogens with one attached hydrogen (secondary N) is 1. The van der Waals surface area contributed by atoms with Crippen LogP contribution in [0.5, 0.6) is 0 Å². The highest BCUT2D eigenvalue weighted by Crippen LogP contribution is 2.28. The molecular formula is C12H24N2. The standard InChI is InChI=1S/C12H24N2/c1-9(2)10(3)13-12-8-14-6-4-11(12)5-7-14/h9-13H,4-8H2,1-3H3. The Balaban J connectivity index is 1.86. The zero-order valence-corrected chi connectivity index (χ0v) is 9.79. The van der Waals surface area contributed by atoms with E-state index in [4.69, 9.17) is 0 Å². The fraction of sp³-hybridized carbons (Fsp3) is 1.00. The van der Waals surface area contributed by atoms with Crippen LogP contribution in [0.15, 0.2) is 0 Å². The van der Waals surface area contributed by atoms with Crippen molar-refractivity contribution in [3.63, 3.8) is 0 Å². The molecule has 3 saturated heterocycles. The predicted octanol–water partition coefficient (Wildman–Crippen LogP) is 1.71. The van der Waals surface area contributed by atoms with Gasteiger partial charge in [-0.25, -0.2) is 0 Å². The van der Waals surface area contributed by atoms with Crippen molar-refractivity contribution in [1.29, 1.82) is 0 Å². The minimum absolute atomic E-state index is 0.667. The smallest absolute Gasteiger partial charge is 0.0226 e. The summed E-state index contributed by atoms with van der Waals surface area (Å²) in [5.74, 6) is 1.71. The maximum Gasteiger partial charge on any atom is 0.0226 e. The number of fused-ring (bicyclic) bond motifs is 3. The van der Waals surface area contributed by atoms with Gasteiger partial charge in [0.1, 0.15) is 0 Å². The van der Waals surface area contributed by atoms with Gasteiger partial charge in [-0.3, -0.25) is 0 Å². The highest BCUT2D eigenvalue weighted by atomic mass is 15.2. The van der Waals surface area contributed by atoms with Crippen LogP contribution in [0.4, 0.5) is 0 Å². The Morgan fingerprint density at radius 1 is 1.14 bits per heavy atom. The van der Waals surface area contributed by atoms with Crippen LogP contribution in [0.2, 0.25) is 0 Å². The Kier molecular flexibility index (Phi) is 3.13. The average Bonchev–Trinajstić information content (AvgIpc) is 2.19. The van der Waals surface area contributed by atoms with Gasteiger partial charge in [-0.1, -0.05) is 13.8 Å². The van der Waals surface area contributed by atoms with E-state index >= 15 is 0 Å². The van der Waals surface area contributed by atoms with Gasteiger partial charge in [-0.05, 0) is 44.7 Å². The summed E-state index contributed by atoms with van der Waals surface area (Å²) >= 11 is 0. The van der Waals surface area contributed by atoms with E-state index in [1.54, 1.807) is 0 Å². The average molecular weight is 196 g/mol. The molecule has 0 aliphatic carbocycles. The summed E-state index contributed by atoms with van der Waals surface area (Å²) in [6.45, 7) is 10.9. The molecule has 3 aliphatic rings. The van der Waals surface area contributed by atoms with Crippen LogP contribution < -0.4 is 5.32 Å². The predicted molar refractivity (Wildman–Crippen MR) is 60.4 cm³/mol. The maximum absolute atomic E-state index is 3.81. The van der Waals surface area contributed by atoms with Gasteiger partial charge in [-0.2, -0.15) is 0 Å². The maximum atomic E-state index is 3.81. The van der Waals surface area contributed by atoms with Crippen molar-refractivity contribution in [1.82, 2.24) is 10.2 Å². The van der Waals surface area contributed by atoms with Crippen LogP contribution in [-0.2, 0) is 0 Å². The van der Waals surface area contributed by atoms with E-state index in [9.17, 15) is 0 Å². The molecule has 2 bridgehead atoms. The molecule has 2 nitrogen and oxygen atoms in total. The summed E-state index contributed by atoms with van der Waals surface area (Å²) in [6, 6.07) is 1.44. The second kappa shape index (κ2) is 4.19. The molecule has 3 fully saturated rings. The Labute approximate surface area is 88.1 Å². The topological polar surface area (TPSA) is 15.3 Å². The van der Waals surface area contributed by atoms with E-state index in [-0.39, 0.29) is 0 Å². The zero-order chi connectivity index (χ0) is 10.1. The number of nitrogens with zero attached hydrogens (tertiary/aromatic N) is 1. The van der Waals surface area contributed by atoms with Gasteiger partial charge in [0, 0.05) is 18.6 Å². The molecule has 3 aliphatic heterocycles. The minimum Gasteiger partial charge on any atom is -0.310 e. The molecule has 14 heavy (non-hydrogen) atoms. The van der Waals surface area contributed by atoms with E-state index in [2.05, 4.69) is 31.0 Å². The lowest BCUT2D eigenvalue weighted by Crippen LogP contribution is -2.58. The minimum atomic E-state index is 0.667. The van der Waals surface area contributed by atoms with Crippen molar-refractivity contribution >= 4 is 0 Å². The number of hydrogen-bond acceptors (Lipinski definition) is 2. The number of rotatable bonds is 3. The number of piperidine rings is 3. The summed E-state index contributed by atoms with van der Waals surface area (Å²) < 4.78 is 0. The molecule has 0 aromatic heterocycles. The van der Waals surface area contributed by atoms with Crippen molar-refractivity contribution in [2.45, 2.75) is 45.7 Å². The lowest BCUT2D eigenvalue weighted by atomic mass is 9.83. The Bertz CT molecular complexity index is 183. The summed E-state index contributed by atoms with van der Waals surface area (Å²) in [5, 5.41) is 3.81. The van der Waals surface area contributed by atoms with Crippen molar-refractivity contribution in [3.8, 4) is 0 Å².